The number of thioether (sulfide) groups is 1. The Morgan fingerprint density at radius 3 is 2.57 bits per heavy atom. The Balaban J connectivity index is 1.39. The molecule has 0 N–H and O–H groups in total. The fourth-order valence-corrected chi connectivity index (χ4v) is 4.56. The van der Waals surface area contributed by atoms with Crippen molar-refractivity contribution in [3.8, 4) is 17.2 Å². The zero-order chi connectivity index (χ0) is 25.5. The van der Waals surface area contributed by atoms with Crippen molar-refractivity contribution >= 4 is 35.1 Å². The van der Waals surface area contributed by atoms with Gasteiger partial charge in [0.25, 0.3) is 5.91 Å². The Kier molecular flexibility index (Phi) is 7.47. The molecule has 1 fully saturated rings. The van der Waals surface area contributed by atoms with Gasteiger partial charge in [-0.3, -0.25) is 9.69 Å². The summed E-state index contributed by atoms with van der Waals surface area (Å²) in [6, 6.07) is 28.2. The number of nitrogens with zero attached hydrogens (tertiary/aromatic N) is 3. The highest BCUT2D eigenvalue weighted by Crippen LogP contribution is 2.35. The van der Waals surface area contributed by atoms with Crippen LogP contribution in [0.3, 0.4) is 0 Å². The van der Waals surface area contributed by atoms with E-state index in [0.29, 0.717) is 27.3 Å². The number of carbonyl (C=O) groups excluding carboxylic acids is 1. The summed E-state index contributed by atoms with van der Waals surface area (Å²) < 4.78 is 16.8. The third-order valence-corrected chi connectivity index (χ3v) is 6.39. The molecular weight excluding hydrogens is 486 g/mol. The Morgan fingerprint density at radius 1 is 0.946 bits per heavy atom. The van der Waals surface area contributed by atoms with Crippen LogP contribution < -0.4 is 9.47 Å². The molecular formula is C29H23N3O4S. The molecule has 0 spiro atoms. The van der Waals surface area contributed by atoms with Crippen molar-refractivity contribution in [2.45, 2.75) is 6.54 Å². The topological polar surface area (TPSA) is 76.6 Å². The average molecular weight is 510 g/mol. The van der Waals surface area contributed by atoms with Gasteiger partial charge >= 0.3 is 0 Å². The Bertz CT molecular complexity index is 1460. The van der Waals surface area contributed by atoms with Gasteiger partial charge in [0.15, 0.2) is 5.17 Å². The van der Waals surface area contributed by atoms with E-state index in [1.54, 1.807) is 36.6 Å². The molecule has 8 heteroatoms. The average Bonchev–Trinajstić information content (AvgIpc) is 3.54. The number of methoxy groups -OCH3 is 1. The third-order valence-electron chi connectivity index (χ3n) is 5.39. The van der Waals surface area contributed by atoms with E-state index in [-0.39, 0.29) is 12.5 Å². The monoisotopic (exact) mass is 509 g/mol. The highest BCUT2D eigenvalue weighted by molar-refractivity contribution is 8.18. The number of amides is 1. The summed E-state index contributed by atoms with van der Waals surface area (Å²) in [4.78, 5) is 15.4. The molecule has 7 nitrogen and oxygen atoms in total. The number of benzene rings is 3. The second-order valence-corrected chi connectivity index (χ2v) is 8.95. The van der Waals surface area contributed by atoms with Crippen molar-refractivity contribution in [2.24, 2.45) is 10.2 Å². The van der Waals surface area contributed by atoms with E-state index in [2.05, 4.69) is 10.2 Å². The predicted octanol–water partition coefficient (Wildman–Crippen LogP) is 6.59. The second kappa shape index (κ2) is 11.5. The predicted molar refractivity (Wildman–Crippen MR) is 146 cm³/mol. The molecule has 37 heavy (non-hydrogen) atoms. The van der Waals surface area contributed by atoms with Crippen molar-refractivity contribution in [3.63, 3.8) is 0 Å². The van der Waals surface area contributed by atoms with E-state index in [9.17, 15) is 4.79 Å². The maximum Gasteiger partial charge on any atom is 0.267 e. The summed E-state index contributed by atoms with van der Waals surface area (Å²) in [7, 11) is 1.60. The molecule has 184 valence electrons. The molecule has 1 aliphatic rings. The summed E-state index contributed by atoms with van der Waals surface area (Å²) in [5, 5.41) is 9.10. The first kappa shape index (κ1) is 24.1. The normalized spacial score (nSPS) is 15.7. The Hall–Kier alpha value is -4.56. The molecule has 0 unspecified atom stereocenters. The molecule has 0 saturated carbocycles. The maximum absolute atomic E-state index is 13.3. The number of hydrogen-bond acceptors (Lipinski definition) is 7. The van der Waals surface area contributed by atoms with Crippen molar-refractivity contribution in [1.29, 1.82) is 0 Å². The molecule has 1 aliphatic heterocycles. The lowest BCUT2D eigenvalue weighted by molar-refractivity contribution is -0.122. The van der Waals surface area contributed by atoms with Gasteiger partial charge in [0.05, 0.1) is 31.0 Å². The first-order valence-corrected chi connectivity index (χ1v) is 12.3. The van der Waals surface area contributed by atoms with Gasteiger partial charge in [-0.15, -0.1) is 5.10 Å². The molecule has 5 rings (SSSR count). The van der Waals surface area contributed by atoms with E-state index in [1.165, 1.54) is 11.8 Å². The lowest BCUT2D eigenvalue weighted by atomic mass is 10.2. The van der Waals surface area contributed by atoms with E-state index in [1.807, 2.05) is 84.9 Å². The highest BCUT2D eigenvalue weighted by Gasteiger charge is 2.34. The zero-order valence-corrected chi connectivity index (χ0v) is 20.8. The second-order valence-electron chi connectivity index (χ2n) is 7.94. The molecule has 1 amide bonds. The van der Waals surface area contributed by atoms with E-state index in [4.69, 9.17) is 13.9 Å². The van der Waals surface area contributed by atoms with Gasteiger partial charge in [0.2, 0.25) is 0 Å². The standard InChI is InChI=1S/C29H23N3O4S/c1-34-26-15-6-5-10-22(26)18-27-28(33)32(20-25-14-8-16-35-25)29(37-27)31-30-19-21-9-7-13-24(17-21)36-23-11-3-2-4-12-23/h2-19H,20H2,1H3/b27-18-,30-19+,31-29-. The van der Waals surface area contributed by atoms with Crippen molar-refractivity contribution < 1.29 is 18.7 Å². The lowest BCUT2D eigenvalue weighted by Crippen LogP contribution is -2.28. The van der Waals surface area contributed by atoms with Crippen molar-refractivity contribution in [1.82, 2.24) is 4.90 Å². The van der Waals surface area contributed by atoms with Gasteiger partial charge in [0.1, 0.15) is 23.0 Å². The largest absolute Gasteiger partial charge is 0.496 e. The number of ether oxygens (including phenoxy) is 2. The van der Waals surface area contributed by atoms with Crippen LogP contribution in [0.25, 0.3) is 6.08 Å². The number of carbonyl (C=O) groups is 1. The lowest BCUT2D eigenvalue weighted by Gasteiger charge is -2.12. The summed E-state index contributed by atoms with van der Waals surface area (Å²) in [5.74, 6) is 2.59. The van der Waals surface area contributed by atoms with Crippen LogP contribution >= 0.6 is 11.8 Å². The first-order chi connectivity index (χ1) is 18.2. The van der Waals surface area contributed by atoms with Crippen LogP contribution in [0.2, 0.25) is 0 Å². The SMILES string of the molecule is COc1ccccc1/C=C1\S/C(=N\N=C\c2cccc(Oc3ccccc3)c2)N(Cc2ccco2)C1=O. The minimum absolute atomic E-state index is 0.181. The van der Waals surface area contributed by atoms with Crippen LogP contribution in [0.15, 0.2) is 117 Å². The fourth-order valence-electron chi connectivity index (χ4n) is 3.64. The minimum Gasteiger partial charge on any atom is -0.496 e. The summed E-state index contributed by atoms with van der Waals surface area (Å²) in [6.07, 6.45) is 5.01. The Labute approximate surface area is 218 Å². The van der Waals surface area contributed by atoms with E-state index < -0.39 is 0 Å². The summed E-state index contributed by atoms with van der Waals surface area (Å²) >= 11 is 1.25. The van der Waals surface area contributed by atoms with Gasteiger partial charge in [0, 0.05) is 5.56 Å². The van der Waals surface area contributed by atoms with Gasteiger partial charge in [-0.2, -0.15) is 5.10 Å². The smallest absolute Gasteiger partial charge is 0.267 e. The molecule has 4 aromatic rings. The third kappa shape index (κ3) is 5.99. The first-order valence-electron chi connectivity index (χ1n) is 11.5. The molecule has 0 radical (unpaired) electrons. The molecule has 3 aromatic carbocycles. The van der Waals surface area contributed by atoms with Crippen molar-refractivity contribution in [3.05, 3.63) is 119 Å². The van der Waals surface area contributed by atoms with E-state index in [0.717, 1.165) is 16.9 Å². The maximum atomic E-state index is 13.3. The quantitative estimate of drug-likeness (QED) is 0.152. The van der Waals surface area contributed by atoms with Crippen LogP contribution in [0.1, 0.15) is 16.9 Å². The van der Waals surface area contributed by atoms with Gasteiger partial charge in [-0.25, -0.2) is 0 Å². The molecule has 0 atom stereocenters. The molecule has 0 aliphatic carbocycles. The number of furan rings is 1. The van der Waals surface area contributed by atoms with Crippen LogP contribution in [-0.4, -0.2) is 29.3 Å². The van der Waals surface area contributed by atoms with Crippen molar-refractivity contribution in [2.75, 3.05) is 7.11 Å². The number of hydrogen-bond donors (Lipinski definition) is 0. The number of para-hydroxylation sites is 2. The molecule has 1 saturated heterocycles. The van der Waals surface area contributed by atoms with Crippen LogP contribution in [0.4, 0.5) is 0 Å². The van der Waals surface area contributed by atoms with Crippen LogP contribution in [-0.2, 0) is 11.3 Å². The Morgan fingerprint density at radius 2 is 1.76 bits per heavy atom. The molecule has 1 aromatic heterocycles. The van der Waals surface area contributed by atoms with Crippen LogP contribution in [0.5, 0.6) is 17.2 Å². The summed E-state index contributed by atoms with van der Waals surface area (Å²) in [6.45, 7) is 0.247. The molecule has 0 bridgehead atoms. The number of amidine groups is 1. The van der Waals surface area contributed by atoms with Gasteiger partial charge in [-0.1, -0.05) is 48.5 Å². The zero-order valence-electron chi connectivity index (χ0n) is 20.0. The molecule has 2 heterocycles. The van der Waals surface area contributed by atoms with Gasteiger partial charge in [-0.05, 0) is 65.9 Å². The van der Waals surface area contributed by atoms with E-state index >= 15 is 0 Å². The minimum atomic E-state index is -0.181. The highest BCUT2D eigenvalue weighted by atomic mass is 32.2. The van der Waals surface area contributed by atoms with Gasteiger partial charge < -0.3 is 13.9 Å². The van der Waals surface area contributed by atoms with Crippen LogP contribution in [0, 0.1) is 0 Å². The fraction of sp³-hybridized carbons (Fsp3) is 0.0690. The number of rotatable bonds is 8. The summed E-state index contributed by atoms with van der Waals surface area (Å²) in [5.41, 5.74) is 1.62.